The highest BCUT2D eigenvalue weighted by Gasteiger charge is 2.12. The lowest BCUT2D eigenvalue weighted by Gasteiger charge is -2.09. The predicted molar refractivity (Wildman–Crippen MR) is 49.3 cm³/mol. The molecule has 0 aromatic rings. The first kappa shape index (κ1) is 12.0. The molecule has 0 saturated heterocycles. The van der Waals surface area contributed by atoms with Crippen molar-refractivity contribution in [2.45, 2.75) is 6.42 Å². The van der Waals surface area contributed by atoms with Crippen LogP contribution in [0.3, 0.4) is 0 Å². The zero-order valence-corrected chi connectivity index (χ0v) is 8.82. The van der Waals surface area contributed by atoms with Crippen LogP contribution >= 0.6 is 0 Å². The highest BCUT2D eigenvalue weighted by Crippen LogP contribution is 1.96. The third kappa shape index (κ3) is 4.81. The van der Waals surface area contributed by atoms with Crippen LogP contribution in [-0.2, 0) is 21.0 Å². The van der Waals surface area contributed by atoms with Crippen LogP contribution in [0.25, 0.3) is 0 Å². The summed E-state index contributed by atoms with van der Waals surface area (Å²) in [5.41, 5.74) is 0. The maximum atomic E-state index is 11.1. The van der Waals surface area contributed by atoms with E-state index in [0.29, 0.717) is 6.42 Å². The highest BCUT2D eigenvalue weighted by atomic mass is 32.2. The Morgan fingerprint density at radius 3 is 2.25 bits per heavy atom. The topological polar surface area (TPSA) is 80.5 Å². The Kier molecular flexibility index (Phi) is 4.91. The minimum absolute atomic E-state index is 0.00292. The molecule has 1 atom stereocenters. The van der Waals surface area contributed by atoms with E-state index in [0.717, 1.165) is 4.31 Å². The summed E-state index contributed by atoms with van der Waals surface area (Å²) in [4.78, 5) is 0. The summed E-state index contributed by atoms with van der Waals surface area (Å²) < 4.78 is 33.7. The smallest absolute Gasteiger partial charge is 0.213 e. The van der Waals surface area contributed by atoms with E-state index in [9.17, 15) is 12.6 Å². The van der Waals surface area contributed by atoms with Gasteiger partial charge in [-0.1, -0.05) is 0 Å². The standard InChI is InChI=1S/C5H14N2O3S2/c1-7(2)12(9,10)5-3-4-11(6)8/h3-6H2,1-2H3. The molecule has 0 bridgehead atoms. The van der Waals surface area contributed by atoms with Crippen molar-refractivity contribution < 1.29 is 12.6 Å². The number of nitrogens with two attached hydrogens (primary N) is 1. The van der Waals surface area contributed by atoms with Crippen molar-refractivity contribution in [1.29, 1.82) is 0 Å². The lowest BCUT2D eigenvalue weighted by Crippen LogP contribution is -2.26. The van der Waals surface area contributed by atoms with E-state index < -0.39 is 21.0 Å². The van der Waals surface area contributed by atoms with Gasteiger partial charge in [-0.25, -0.2) is 16.9 Å². The molecule has 0 heterocycles. The van der Waals surface area contributed by atoms with Gasteiger partial charge in [0.05, 0.1) is 16.7 Å². The maximum absolute atomic E-state index is 11.1. The Hall–Kier alpha value is 0.0200. The Morgan fingerprint density at radius 2 is 1.92 bits per heavy atom. The summed E-state index contributed by atoms with van der Waals surface area (Å²) in [6.07, 6.45) is 0.337. The van der Waals surface area contributed by atoms with Crippen LogP contribution in [0.2, 0.25) is 0 Å². The highest BCUT2D eigenvalue weighted by molar-refractivity contribution is 7.89. The lowest BCUT2D eigenvalue weighted by molar-refractivity contribution is 0.519. The molecule has 0 aliphatic rings. The Labute approximate surface area is 75.6 Å². The van der Waals surface area contributed by atoms with Crippen LogP contribution in [0, 0.1) is 0 Å². The van der Waals surface area contributed by atoms with Crippen LogP contribution in [0.15, 0.2) is 0 Å². The molecule has 7 heteroatoms. The normalized spacial score (nSPS) is 15.0. The molecule has 0 aromatic carbocycles. The van der Waals surface area contributed by atoms with Gasteiger partial charge in [0.15, 0.2) is 0 Å². The quantitative estimate of drug-likeness (QED) is 0.630. The van der Waals surface area contributed by atoms with Gasteiger partial charge in [0.2, 0.25) is 10.0 Å². The zero-order chi connectivity index (χ0) is 9.78. The molecule has 12 heavy (non-hydrogen) atoms. The van der Waals surface area contributed by atoms with Crippen molar-refractivity contribution in [3.63, 3.8) is 0 Å². The van der Waals surface area contributed by atoms with Gasteiger partial charge in [0, 0.05) is 19.8 Å². The molecule has 0 radical (unpaired) electrons. The van der Waals surface area contributed by atoms with Crippen LogP contribution < -0.4 is 5.14 Å². The molecule has 1 unspecified atom stereocenters. The van der Waals surface area contributed by atoms with Gasteiger partial charge in [-0.3, -0.25) is 5.14 Å². The van der Waals surface area contributed by atoms with Crippen molar-refractivity contribution in [2.24, 2.45) is 5.14 Å². The third-order valence-electron chi connectivity index (χ3n) is 1.30. The summed E-state index contributed by atoms with van der Waals surface area (Å²) in [5, 5.41) is 4.96. The van der Waals surface area contributed by atoms with Crippen molar-refractivity contribution in [3.05, 3.63) is 0 Å². The molecule has 74 valence electrons. The fourth-order valence-corrected chi connectivity index (χ4v) is 2.05. The van der Waals surface area contributed by atoms with Crippen molar-refractivity contribution in [1.82, 2.24) is 4.31 Å². The summed E-state index contributed by atoms with van der Waals surface area (Å²) in [5.74, 6) is 0.232. The molecule has 0 aliphatic carbocycles. The summed E-state index contributed by atoms with van der Waals surface area (Å²) >= 11 is 0. The molecule has 2 N–H and O–H groups in total. The van der Waals surface area contributed by atoms with Gasteiger partial charge in [-0.15, -0.1) is 0 Å². The number of rotatable bonds is 5. The summed E-state index contributed by atoms with van der Waals surface area (Å²) in [7, 11) is -1.61. The molecule has 0 amide bonds. The second-order valence-electron chi connectivity index (χ2n) is 2.54. The van der Waals surface area contributed by atoms with E-state index in [1.165, 1.54) is 14.1 Å². The Balaban J connectivity index is 3.86. The van der Waals surface area contributed by atoms with Gasteiger partial charge in [0.25, 0.3) is 0 Å². The fraction of sp³-hybridized carbons (Fsp3) is 1.00. The fourth-order valence-electron chi connectivity index (χ4n) is 0.566. The first-order chi connectivity index (χ1) is 5.36. The first-order valence-electron chi connectivity index (χ1n) is 3.39. The molecule has 0 rings (SSSR count). The van der Waals surface area contributed by atoms with Crippen molar-refractivity contribution >= 4 is 21.0 Å². The van der Waals surface area contributed by atoms with E-state index >= 15 is 0 Å². The third-order valence-corrected chi connectivity index (χ3v) is 3.91. The SMILES string of the molecule is CN(C)S(=O)(=O)CCCS(N)=O. The summed E-state index contributed by atoms with van der Waals surface area (Å²) in [6.45, 7) is 0. The first-order valence-corrected chi connectivity index (χ1v) is 6.38. The molecule has 5 nitrogen and oxygen atoms in total. The van der Waals surface area contributed by atoms with Crippen LogP contribution in [0.5, 0.6) is 0 Å². The van der Waals surface area contributed by atoms with E-state index in [2.05, 4.69) is 0 Å². The molecular weight excluding hydrogens is 200 g/mol. The average molecular weight is 214 g/mol. The monoisotopic (exact) mass is 214 g/mol. The van der Waals surface area contributed by atoms with Gasteiger partial charge in [0.1, 0.15) is 0 Å². The molecular formula is C5H14N2O3S2. The van der Waals surface area contributed by atoms with Gasteiger partial charge in [-0.05, 0) is 6.42 Å². The lowest BCUT2D eigenvalue weighted by atomic mass is 10.6. The number of sulfonamides is 1. The second-order valence-corrected chi connectivity index (χ2v) is 6.01. The van der Waals surface area contributed by atoms with Crippen LogP contribution in [-0.4, -0.2) is 42.5 Å². The number of hydrogen-bond donors (Lipinski definition) is 1. The maximum Gasteiger partial charge on any atom is 0.213 e. The molecule has 0 aromatic heterocycles. The van der Waals surface area contributed by atoms with Crippen LogP contribution in [0.4, 0.5) is 0 Å². The molecule has 0 fully saturated rings. The Bertz CT molecular complexity index is 247. The van der Waals surface area contributed by atoms with E-state index in [4.69, 9.17) is 5.14 Å². The minimum Gasteiger partial charge on any atom is -0.252 e. The van der Waals surface area contributed by atoms with E-state index in [1.54, 1.807) is 0 Å². The summed E-state index contributed by atoms with van der Waals surface area (Å²) in [6, 6.07) is 0. The van der Waals surface area contributed by atoms with Crippen molar-refractivity contribution in [2.75, 3.05) is 25.6 Å². The van der Waals surface area contributed by atoms with Gasteiger partial charge in [-0.2, -0.15) is 0 Å². The van der Waals surface area contributed by atoms with Crippen molar-refractivity contribution in [3.8, 4) is 0 Å². The van der Waals surface area contributed by atoms with Gasteiger partial charge >= 0.3 is 0 Å². The van der Waals surface area contributed by atoms with Gasteiger partial charge < -0.3 is 0 Å². The second kappa shape index (κ2) is 4.90. The van der Waals surface area contributed by atoms with E-state index in [-0.39, 0.29) is 11.5 Å². The molecule has 0 spiro atoms. The predicted octanol–water partition coefficient (Wildman–Crippen LogP) is -1.11. The zero-order valence-electron chi connectivity index (χ0n) is 7.19. The molecule has 0 aliphatic heterocycles. The number of hydrogen-bond acceptors (Lipinski definition) is 3. The van der Waals surface area contributed by atoms with E-state index in [1.807, 2.05) is 0 Å². The Morgan fingerprint density at radius 1 is 1.42 bits per heavy atom. The largest absolute Gasteiger partial charge is 0.252 e. The average Bonchev–Trinajstić information content (AvgIpc) is 1.85. The number of nitrogens with zero attached hydrogens (tertiary/aromatic N) is 1. The van der Waals surface area contributed by atoms with Crippen LogP contribution in [0.1, 0.15) is 6.42 Å². The molecule has 0 saturated carbocycles. The minimum atomic E-state index is -3.15.